The maximum Gasteiger partial charge on any atom is 0.343 e. The van der Waals surface area contributed by atoms with Crippen molar-refractivity contribution in [2.24, 2.45) is 5.10 Å². The fraction of sp³-hybridized carbons (Fsp3) is 0.0870. The standard InChI is InChI=1S/C23H19N3O5/c1-15-6-9-18(10-7-15)22(27)25-24-14-17-8-11-21(20(13-17)26(29)30)31-23(28)19-5-3-4-16(2)12-19/h3-14H,1-2H3,(H,25,27)/b24-14+. The molecule has 0 fully saturated rings. The predicted molar refractivity (Wildman–Crippen MR) is 115 cm³/mol. The predicted octanol–water partition coefficient (Wildman–Crippen LogP) is 4.19. The Morgan fingerprint density at radius 2 is 1.71 bits per heavy atom. The summed E-state index contributed by atoms with van der Waals surface area (Å²) in [5, 5.41) is 15.3. The summed E-state index contributed by atoms with van der Waals surface area (Å²) in [6.45, 7) is 3.74. The van der Waals surface area contributed by atoms with Gasteiger partial charge in [0.15, 0.2) is 0 Å². The maximum atomic E-state index is 12.3. The number of amides is 1. The molecule has 8 heteroatoms. The van der Waals surface area contributed by atoms with E-state index in [1.807, 2.05) is 19.9 Å². The number of hydrogen-bond donors (Lipinski definition) is 1. The third-order valence-electron chi connectivity index (χ3n) is 4.33. The van der Waals surface area contributed by atoms with Gasteiger partial charge in [0.25, 0.3) is 5.91 Å². The minimum atomic E-state index is -0.696. The lowest BCUT2D eigenvalue weighted by molar-refractivity contribution is -0.385. The zero-order chi connectivity index (χ0) is 22.4. The van der Waals surface area contributed by atoms with Crippen molar-refractivity contribution in [2.75, 3.05) is 0 Å². The second kappa shape index (κ2) is 9.45. The van der Waals surface area contributed by atoms with E-state index in [0.29, 0.717) is 16.7 Å². The lowest BCUT2D eigenvalue weighted by Gasteiger charge is -2.06. The highest BCUT2D eigenvalue weighted by atomic mass is 16.6. The summed E-state index contributed by atoms with van der Waals surface area (Å²) in [6.07, 6.45) is 1.27. The summed E-state index contributed by atoms with van der Waals surface area (Å²) in [4.78, 5) is 35.2. The van der Waals surface area contributed by atoms with E-state index in [1.54, 1.807) is 42.5 Å². The van der Waals surface area contributed by atoms with Crippen LogP contribution in [0.5, 0.6) is 5.75 Å². The van der Waals surface area contributed by atoms with Crippen LogP contribution >= 0.6 is 0 Å². The number of hydrazone groups is 1. The quantitative estimate of drug-likeness (QED) is 0.212. The van der Waals surface area contributed by atoms with E-state index >= 15 is 0 Å². The highest BCUT2D eigenvalue weighted by molar-refractivity contribution is 5.95. The Hall–Kier alpha value is -4.33. The van der Waals surface area contributed by atoms with Gasteiger partial charge >= 0.3 is 11.7 Å². The van der Waals surface area contributed by atoms with Crippen LogP contribution in [-0.2, 0) is 0 Å². The molecule has 0 saturated heterocycles. The lowest BCUT2D eigenvalue weighted by atomic mass is 10.1. The molecule has 0 atom stereocenters. The zero-order valence-electron chi connectivity index (χ0n) is 16.9. The fourth-order valence-electron chi connectivity index (χ4n) is 2.71. The molecule has 0 aliphatic heterocycles. The Morgan fingerprint density at radius 3 is 2.39 bits per heavy atom. The van der Waals surface area contributed by atoms with Gasteiger partial charge in [0.2, 0.25) is 5.75 Å². The number of hydrogen-bond acceptors (Lipinski definition) is 6. The SMILES string of the molecule is Cc1ccc(C(=O)N/N=C/c2ccc(OC(=O)c3cccc(C)c3)c([N+](=O)[O-])c2)cc1. The van der Waals surface area contributed by atoms with Crippen molar-refractivity contribution < 1.29 is 19.2 Å². The molecule has 0 radical (unpaired) electrons. The van der Waals surface area contributed by atoms with Gasteiger partial charge in [0, 0.05) is 17.2 Å². The van der Waals surface area contributed by atoms with Crippen LogP contribution < -0.4 is 10.2 Å². The number of carbonyl (C=O) groups is 2. The molecular formula is C23H19N3O5. The topological polar surface area (TPSA) is 111 Å². The van der Waals surface area contributed by atoms with Gasteiger partial charge in [-0.2, -0.15) is 5.10 Å². The Morgan fingerprint density at radius 1 is 0.968 bits per heavy atom. The van der Waals surface area contributed by atoms with Gasteiger partial charge in [0.05, 0.1) is 16.7 Å². The largest absolute Gasteiger partial charge is 0.416 e. The summed E-state index contributed by atoms with van der Waals surface area (Å²) >= 11 is 0. The van der Waals surface area contributed by atoms with Crippen molar-refractivity contribution in [1.29, 1.82) is 0 Å². The molecule has 1 amide bonds. The van der Waals surface area contributed by atoms with Gasteiger partial charge in [0.1, 0.15) is 0 Å². The van der Waals surface area contributed by atoms with E-state index in [0.717, 1.165) is 11.1 Å². The van der Waals surface area contributed by atoms with Gasteiger partial charge in [-0.05, 0) is 50.2 Å². The van der Waals surface area contributed by atoms with E-state index in [2.05, 4.69) is 10.5 Å². The molecule has 0 spiro atoms. The van der Waals surface area contributed by atoms with Gasteiger partial charge in [-0.25, -0.2) is 10.2 Å². The van der Waals surface area contributed by atoms with Crippen LogP contribution in [-0.4, -0.2) is 23.0 Å². The molecular weight excluding hydrogens is 398 g/mol. The first kappa shape index (κ1) is 21.4. The Balaban J connectivity index is 1.73. The number of nitrogens with zero attached hydrogens (tertiary/aromatic N) is 2. The maximum absolute atomic E-state index is 12.3. The number of esters is 1. The van der Waals surface area contributed by atoms with Crippen molar-refractivity contribution >= 4 is 23.8 Å². The van der Waals surface area contributed by atoms with E-state index in [-0.39, 0.29) is 5.75 Å². The van der Waals surface area contributed by atoms with Gasteiger partial charge < -0.3 is 4.74 Å². The monoisotopic (exact) mass is 417 g/mol. The number of benzene rings is 3. The number of ether oxygens (including phenoxy) is 1. The molecule has 0 bridgehead atoms. The van der Waals surface area contributed by atoms with Crippen LogP contribution in [0.1, 0.15) is 37.4 Å². The molecule has 0 aliphatic carbocycles. The number of rotatable bonds is 6. The Bertz CT molecular complexity index is 1170. The van der Waals surface area contributed by atoms with Crippen LogP contribution in [0.3, 0.4) is 0 Å². The van der Waals surface area contributed by atoms with E-state index in [4.69, 9.17) is 4.74 Å². The molecule has 31 heavy (non-hydrogen) atoms. The van der Waals surface area contributed by atoms with Crippen molar-refractivity contribution in [3.05, 3.63) is 105 Å². The smallest absolute Gasteiger partial charge is 0.343 e. The third-order valence-corrected chi connectivity index (χ3v) is 4.33. The average molecular weight is 417 g/mol. The molecule has 3 rings (SSSR count). The van der Waals surface area contributed by atoms with Crippen molar-refractivity contribution in [3.63, 3.8) is 0 Å². The first-order chi connectivity index (χ1) is 14.8. The minimum absolute atomic E-state index is 0.183. The summed E-state index contributed by atoms with van der Waals surface area (Å²) in [5.74, 6) is -1.29. The van der Waals surface area contributed by atoms with Gasteiger partial charge in [-0.15, -0.1) is 0 Å². The molecule has 3 aromatic carbocycles. The second-order valence-electron chi connectivity index (χ2n) is 6.81. The molecule has 3 aromatic rings. The molecule has 0 aliphatic rings. The third kappa shape index (κ3) is 5.60. The van der Waals surface area contributed by atoms with E-state index < -0.39 is 22.5 Å². The normalized spacial score (nSPS) is 10.6. The van der Waals surface area contributed by atoms with Crippen LogP contribution in [0.2, 0.25) is 0 Å². The van der Waals surface area contributed by atoms with Crippen LogP contribution in [0.25, 0.3) is 0 Å². The number of carbonyl (C=O) groups excluding carboxylic acids is 2. The van der Waals surface area contributed by atoms with Gasteiger partial charge in [-0.3, -0.25) is 14.9 Å². The van der Waals surface area contributed by atoms with Crippen LogP contribution in [0.4, 0.5) is 5.69 Å². The molecule has 8 nitrogen and oxygen atoms in total. The zero-order valence-corrected chi connectivity index (χ0v) is 16.9. The highest BCUT2D eigenvalue weighted by Gasteiger charge is 2.19. The van der Waals surface area contributed by atoms with Crippen molar-refractivity contribution in [1.82, 2.24) is 5.43 Å². The second-order valence-corrected chi connectivity index (χ2v) is 6.81. The first-order valence-electron chi connectivity index (χ1n) is 9.31. The number of aryl methyl sites for hydroxylation is 2. The number of nitrogens with one attached hydrogen (secondary N) is 1. The van der Waals surface area contributed by atoms with Crippen LogP contribution in [0.15, 0.2) is 71.8 Å². The summed E-state index contributed by atoms with van der Waals surface area (Å²) in [7, 11) is 0. The average Bonchev–Trinajstić information content (AvgIpc) is 2.75. The molecule has 156 valence electrons. The number of nitro benzene ring substituents is 1. The Labute approximate surface area is 178 Å². The molecule has 0 aromatic heterocycles. The van der Waals surface area contributed by atoms with Crippen LogP contribution in [0, 0.1) is 24.0 Å². The molecule has 1 N–H and O–H groups in total. The van der Waals surface area contributed by atoms with E-state index in [1.165, 1.54) is 24.4 Å². The van der Waals surface area contributed by atoms with Crippen molar-refractivity contribution in [3.8, 4) is 5.75 Å². The van der Waals surface area contributed by atoms with E-state index in [9.17, 15) is 19.7 Å². The number of nitro groups is 1. The molecule has 0 unspecified atom stereocenters. The lowest BCUT2D eigenvalue weighted by Crippen LogP contribution is -2.17. The summed E-state index contributed by atoms with van der Waals surface area (Å²) in [6, 6.07) is 17.7. The van der Waals surface area contributed by atoms with Crippen molar-refractivity contribution in [2.45, 2.75) is 13.8 Å². The summed E-state index contributed by atoms with van der Waals surface area (Å²) < 4.78 is 5.22. The van der Waals surface area contributed by atoms with Gasteiger partial charge in [-0.1, -0.05) is 35.4 Å². The molecule has 0 saturated carbocycles. The fourth-order valence-corrected chi connectivity index (χ4v) is 2.71. The minimum Gasteiger partial charge on any atom is -0.416 e. The highest BCUT2D eigenvalue weighted by Crippen LogP contribution is 2.28. The Kier molecular flexibility index (Phi) is 6.51. The first-order valence-corrected chi connectivity index (χ1v) is 9.31. The summed E-state index contributed by atoms with van der Waals surface area (Å²) in [5.41, 5.74) is 4.94. The molecule has 0 heterocycles.